The molecule has 0 fully saturated rings. The van der Waals surface area contributed by atoms with E-state index in [1.54, 1.807) is 19.2 Å². The van der Waals surface area contributed by atoms with Gasteiger partial charge in [-0.1, -0.05) is 6.92 Å². The van der Waals surface area contributed by atoms with E-state index in [2.05, 4.69) is 17.6 Å². The van der Waals surface area contributed by atoms with Gasteiger partial charge in [-0.15, -0.1) is 0 Å². The lowest BCUT2D eigenvalue weighted by Crippen LogP contribution is -2.20. The Kier molecular flexibility index (Phi) is 3.97. The first-order valence-corrected chi connectivity index (χ1v) is 5.04. The molecule has 0 heterocycles. The van der Waals surface area contributed by atoms with E-state index in [1.165, 1.54) is 0 Å². The van der Waals surface area contributed by atoms with Crippen molar-refractivity contribution in [2.45, 2.75) is 13.3 Å². The minimum atomic E-state index is -0.124. The van der Waals surface area contributed by atoms with Crippen molar-refractivity contribution in [3.63, 3.8) is 0 Å². The highest BCUT2D eigenvalue weighted by Gasteiger charge is 2.09. The predicted molar refractivity (Wildman–Crippen MR) is 63.0 cm³/mol. The number of nitrogen functional groups attached to an aromatic ring is 1. The first-order valence-electron chi connectivity index (χ1n) is 5.04. The number of rotatable bonds is 4. The molecule has 4 heteroatoms. The van der Waals surface area contributed by atoms with Crippen LogP contribution in [0, 0.1) is 0 Å². The van der Waals surface area contributed by atoms with Gasteiger partial charge in [0, 0.05) is 25.0 Å². The number of nitrogens with two attached hydrogens (primary N) is 1. The zero-order chi connectivity index (χ0) is 11.3. The van der Waals surface area contributed by atoms with Gasteiger partial charge in [0.05, 0.1) is 5.56 Å². The van der Waals surface area contributed by atoms with Gasteiger partial charge in [-0.2, -0.15) is 0 Å². The smallest absolute Gasteiger partial charge is 0.253 e. The molecule has 4 nitrogen and oxygen atoms in total. The van der Waals surface area contributed by atoms with Crippen molar-refractivity contribution in [2.75, 3.05) is 24.6 Å². The van der Waals surface area contributed by atoms with E-state index in [4.69, 9.17) is 5.73 Å². The van der Waals surface area contributed by atoms with E-state index in [-0.39, 0.29) is 5.91 Å². The van der Waals surface area contributed by atoms with Gasteiger partial charge in [0.2, 0.25) is 0 Å². The van der Waals surface area contributed by atoms with Crippen LogP contribution in [0.2, 0.25) is 0 Å². The van der Waals surface area contributed by atoms with Gasteiger partial charge in [0.15, 0.2) is 0 Å². The maximum absolute atomic E-state index is 11.5. The molecule has 0 atom stereocenters. The van der Waals surface area contributed by atoms with Crippen LogP contribution in [0.25, 0.3) is 0 Å². The van der Waals surface area contributed by atoms with Gasteiger partial charge in [-0.05, 0) is 24.6 Å². The molecule has 0 unspecified atom stereocenters. The van der Waals surface area contributed by atoms with Crippen molar-refractivity contribution in [2.24, 2.45) is 0 Å². The summed E-state index contributed by atoms with van der Waals surface area (Å²) in [5.74, 6) is -0.124. The molecule has 0 saturated carbocycles. The summed E-state index contributed by atoms with van der Waals surface area (Å²) in [4.78, 5) is 11.5. The van der Waals surface area contributed by atoms with Crippen molar-refractivity contribution < 1.29 is 4.79 Å². The molecule has 0 radical (unpaired) electrons. The first kappa shape index (κ1) is 11.4. The number of hydrogen-bond donors (Lipinski definition) is 3. The second kappa shape index (κ2) is 5.24. The summed E-state index contributed by atoms with van der Waals surface area (Å²) in [6, 6.07) is 5.29. The first-order chi connectivity index (χ1) is 7.19. The summed E-state index contributed by atoms with van der Waals surface area (Å²) < 4.78 is 0. The fourth-order valence-electron chi connectivity index (χ4n) is 1.30. The molecule has 15 heavy (non-hydrogen) atoms. The van der Waals surface area contributed by atoms with Crippen LogP contribution < -0.4 is 16.4 Å². The molecule has 1 rings (SSSR count). The molecule has 0 spiro atoms. The van der Waals surface area contributed by atoms with Crippen LogP contribution in [0.1, 0.15) is 23.7 Å². The number of amides is 1. The molecule has 0 aliphatic heterocycles. The van der Waals surface area contributed by atoms with E-state index >= 15 is 0 Å². The number of nitrogens with one attached hydrogen (secondary N) is 2. The zero-order valence-corrected chi connectivity index (χ0v) is 9.13. The topological polar surface area (TPSA) is 67.1 Å². The Balaban J connectivity index is 2.97. The second-order valence-electron chi connectivity index (χ2n) is 3.31. The molecule has 1 amide bonds. The zero-order valence-electron chi connectivity index (χ0n) is 9.13. The Morgan fingerprint density at radius 2 is 2.20 bits per heavy atom. The van der Waals surface area contributed by atoms with Crippen molar-refractivity contribution >= 4 is 17.3 Å². The minimum absolute atomic E-state index is 0.124. The maximum Gasteiger partial charge on any atom is 0.253 e. The van der Waals surface area contributed by atoms with Gasteiger partial charge in [0.25, 0.3) is 5.91 Å². The summed E-state index contributed by atoms with van der Waals surface area (Å²) in [6.07, 6.45) is 1.01. The fourth-order valence-corrected chi connectivity index (χ4v) is 1.30. The SMILES string of the molecule is CCCNc1ccc(N)cc1C(=O)NC. The minimum Gasteiger partial charge on any atom is -0.399 e. The van der Waals surface area contributed by atoms with E-state index in [0.717, 1.165) is 18.7 Å². The quantitative estimate of drug-likeness (QED) is 0.655. The van der Waals surface area contributed by atoms with Crippen molar-refractivity contribution in [3.05, 3.63) is 23.8 Å². The Hall–Kier alpha value is -1.71. The monoisotopic (exact) mass is 207 g/mol. The molecule has 0 saturated heterocycles. The number of benzene rings is 1. The summed E-state index contributed by atoms with van der Waals surface area (Å²) in [7, 11) is 1.61. The van der Waals surface area contributed by atoms with E-state index in [0.29, 0.717) is 11.3 Å². The third kappa shape index (κ3) is 2.87. The van der Waals surface area contributed by atoms with Gasteiger partial charge in [-0.25, -0.2) is 0 Å². The van der Waals surface area contributed by atoms with Crippen LogP contribution in [0.4, 0.5) is 11.4 Å². The lowest BCUT2D eigenvalue weighted by Gasteiger charge is -2.10. The molecule has 0 aromatic heterocycles. The Labute approximate surface area is 89.9 Å². The van der Waals surface area contributed by atoms with Crippen LogP contribution in [-0.2, 0) is 0 Å². The third-order valence-corrected chi connectivity index (χ3v) is 2.08. The lowest BCUT2D eigenvalue weighted by atomic mass is 10.1. The molecular formula is C11H17N3O. The van der Waals surface area contributed by atoms with Crippen LogP contribution in [0.5, 0.6) is 0 Å². The Bertz CT molecular complexity index is 350. The summed E-state index contributed by atoms with van der Waals surface area (Å²) in [5.41, 5.74) is 7.65. The van der Waals surface area contributed by atoms with E-state index in [9.17, 15) is 4.79 Å². The van der Waals surface area contributed by atoms with Crippen LogP contribution >= 0.6 is 0 Å². The molecule has 1 aromatic carbocycles. The van der Waals surface area contributed by atoms with Gasteiger partial charge < -0.3 is 16.4 Å². The lowest BCUT2D eigenvalue weighted by molar-refractivity contribution is 0.0964. The second-order valence-corrected chi connectivity index (χ2v) is 3.31. The van der Waals surface area contributed by atoms with Gasteiger partial charge in [-0.3, -0.25) is 4.79 Å². The normalized spacial score (nSPS) is 9.73. The standard InChI is InChI=1S/C11H17N3O/c1-3-6-14-10-5-4-8(12)7-9(10)11(15)13-2/h4-5,7,14H,3,6,12H2,1-2H3,(H,13,15). The van der Waals surface area contributed by atoms with Gasteiger partial charge in [0.1, 0.15) is 0 Å². The fraction of sp³-hybridized carbons (Fsp3) is 0.364. The summed E-state index contributed by atoms with van der Waals surface area (Å²) >= 11 is 0. The van der Waals surface area contributed by atoms with Crippen molar-refractivity contribution in [1.82, 2.24) is 5.32 Å². The number of anilines is 2. The summed E-state index contributed by atoms with van der Waals surface area (Å²) in [6.45, 7) is 2.91. The molecule has 4 N–H and O–H groups in total. The molecule has 0 aliphatic carbocycles. The highest BCUT2D eigenvalue weighted by Crippen LogP contribution is 2.18. The highest BCUT2D eigenvalue weighted by atomic mass is 16.1. The average Bonchev–Trinajstić information content (AvgIpc) is 2.26. The largest absolute Gasteiger partial charge is 0.399 e. The van der Waals surface area contributed by atoms with E-state index < -0.39 is 0 Å². The number of carbonyl (C=O) groups excluding carboxylic acids is 1. The van der Waals surface area contributed by atoms with Crippen molar-refractivity contribution in [3.8, 4) is 0 Å². The Morgan fingerprint density at radius 3 is 2.80 bits per heavy atom. The molecule has 0 aliphatic rings. The van der Waals surface area contributed by atoms with Crippen LogP contribution in [-0.4, -0.2) is 19.5 Å². The predicted octanol–water partition coefficient (Wildman–Crippen LogP) is 1.45. The number of hydrogen-bond acceptors (Lipinski definition) is 3. The van der Waals surface area contributed by atoms with Crippen molar-refractivity contribution in [1.29, 1.82) is 0 Å². The number of carbonyl (C=O) groups is 1. The van der Waals surface area contributed by atoms with Crippen LogP contribution in [0.15, 0.2) is 18.2 Å². The Morgan fingerprint density at radius 1 is 1.47 bits per heavy atom. The molecular weight excluding hydrogens is 190 g/mol. The third-order valence-electron chi connectivity index (χ3n) is 2.08. The van der Waals surface area contributed by atoms with E-state index in [1.807, 2.05) is 6.07 Å². The summed E-state index contributed by atoms with van der Waals surface area (Å²) in [5, 5.41) is 5.78. The van der Waals surface area contributed by atoms with Gasteiger partial charge >= 0.3 is 0 Å². The maximum atomic E-state index is 11.5. The molecule has 1 aromatic rings. The molecule has 82 valence electrons. The molecule has 0 bridgehead atoms. The average molecular weight is 207 g/mol. The highest BCUT2D eigenvalue weighted by molar-refractivity contribution is 6.00. The van der Waals surface area contributed by atoms with Crippen LogP contribution in [0.3, 0.4) is 0 Å².